The summed E-state index contributed by atoms with van der Waals surface area (Å²) in [7, 11) is 1.30. The van der Waals surface area contributed by atoms with Crippen LogP contribution >= 0.6 is 31.2 Å². The molecule has 2 atom stereocenters. The van der Waals surface area contributed by atoms with Gasteiger partial charge in [0.05, 0.1) is 34.2 Å². The number of carboxylic acid groups (broad SMARTS) is 1. The topological polar surface area (TPSA) is 93.1 Å². The fraction of sp³-hybridized carbons (Fsp3) is 0.667. The van der Waals surface area contributed by atoms with Crippen LogP contribution in [0, 0.1) is 0 Å². The first-order valence-electron chi connectivity index (χ1n) is 10.5. The van der Waals surface area contributed by atoms with E-state index in [0.29, 0.717) is 10.9 Å². The summed E-state index contributed by atoms with van der Waals surface area (Å²) in [6.45, 7) is 0.404. The van der Waals surface area contributed by atoms with Crippen LogP contribution in [0.25, 0.3) is 0 Å². The summed E-state index contributed by atoms with van der Waals surface area (Å²) < 4.78 is 22.7. The minimum atomic E-state index is -4.28. The lowest BCUT2D eigenvalue weighted by atomic mass is 10.1. The number of phosphoric acid groups is 1. The van der Waals surface area contributed by atoms with E-state index in [2.05, 4.69) is 0 Å². The minimum Gasteiger partial charge on any atom is -0.481 e. The molecule has 7 nitrogen and oxygen atoms in total. The monoisotopic (exact) mass is 496 g/mol. The molecule has 0 aliphatic carbocycles. The lowest BCUT2D eigenvalue weighted by Crippen LogP contribution is -2.42. The highest BCUT2D eigenvalue weighted by Crippen LogP contribution is 2.45. The van der Waals surface area contributed by atoms with Crippen molar-refractivity contribution in [1.82, 2.24) is 0 Å². The molecule has 31 heavy (non-hydrogen) atoms. The first-order valence-corrected chi connectivity index (χ1v) is 13.4. The molecule has 0 bridgehead atoms. The summed E-state index contributed by atoms with van der Waals surface area (Å²) in [6, 6.07) is 7.86. The molecule has 0 saturated carbocycles. The first kappa shape index (κ1) is 28.4. The van der Waals surface area contributed by atoms with Crippen LogP contribution in [0.2, 0.25) is 5.02 Å². The number of benzene rings is 1. The molecule has 1 aromatic carbocycles. The quantitative estimate of drug-likeness (QED) is 0.128. The molecule has 178 valence electrons. The molecular weight excluding hydrogens is 461 g/mol. The molecule has 0 aliphatic heterocycles. The predicted molar refractivity (Wildman–Crippen MR) is 126 cm³/mol. The van der Waals surface area contributed by atoms with Crippen LogP contribution in [0.3, 0.4) is 0 Å². The number of unbranched alkanes of at least 4 members (excludes halogenated alkanes) is 5. The van der Waals surface area contributed by atoms with Crippen molar-refractivity contribution in [2.75, 3.05) is 40.0 Å². The second kappa shape index (κ2) is 14.5. The molecule has 0 spiro atoms. The molecule has 2 unspecified atom stereocenters. The van der Waals surface area contributed by atoms with Crippen LogP contribution in [0.4, 0.5) is 0 Å². The standard InChI is InChI=1S/C21H35ClNO6PS/c1-23(2,3)17-19(16-21(24)25)29-30(26,27)28-14-8-6-4-5-7-9-15-31-20-12-10-18(22)11-13-20/h10-13,19H,4-9,14-17H2,1-3H3,(H-,24,25,26,27)/p+1. The van der Waals surface area contributed by atoms with Gasteiger partial charge in [-0.05, 0) is 42.9 Å². The molecule has 0 amide bonds. The van der Waals surface area contributed by atoms with E-state index in [1.165, 1.54) is 4.90 Å². The number of hydrogen-bond acceptors (Lipinski definition) is 5. The van der Waals surface area contributed by atoms with Gasteiger partial charge in [0, 0.05) is 9.92 Å². The zero-order valence-electron chi connectivity index (χ0n) is 18.7. The lowest BCUT2D eigenvalue weighted by molar-refractivity contribution is -0.873. The van der Waals surface area contributed by atoms with Gasteiger partial charge >= 0.3 is 13.8 Å². The van der Waals surface area contributed by atoms with E-state index in [1.54, 1.807) is 0 Å². The number of nitrogens with zero attached hydrogens (tertiary/aromatic N) is 1. The van der Waals surface area contributed by atoms with Crippen molar-refractivity contribution in [2.24, 2.45) is 0 Å². The van der Waals surface area contributed by atoms with Gasteiger partial charge in [-0.1, -0.05) is 37.3 Å². The first-order chi connectivity index (χ1) is 14.5. The summed E-state index contributed by atoms with van der Waals surface area (Å²) in [6.07, 6.45) is 4.76. The number of rotatable bonds is 17. The Kier molecular flexibility index (Phi) is 13.3. The van der Waals surface area contributed by atoms with Gasteiger partial charge in [-0.2, -0.15) is 0 Å². The second-order valence-electron chi connectivity index (χ2n) is 8.52. The van der Waals surface area contributed by atoms with Crippen LogP contribution in [-0.2, 0) is 18.4 Å². The van der Waals surface area contributed by atoms with Crippen molar-refractivity contribution in [1.29, 1.82) is 0 Å². The van der Waals surface area contributed by atoms with Gasteiger partial charge in [-0.25, -0.2) is 4.57 Å². The second-order valence-corrected chi connectivity index (χ2v) is 11.5. The Morgan fingerprint density at radius 3 is 2.26 bits per heavy atom. The van der Waals surface area contributed by atoms with Gasteiger partial charge in [-0.15, -0.1) is 11.8 Å². The molecule has 10 heteroatoms. The van der Waals surface area contributed by atoms with E-state index >= 15 is 0 Å². The molecule has 2 N–H and O–H groups in total. The van der Waals surface area contributed by atoms with E-state index in [9.17, 15) is 14.3 Å². The van der Waals surface area contributed by atoms with Crippen LogP contribution in [0.5, 0.6) is 0 Å². The number of carboxylic acids is 1. The number of carbonyl (C=O) groups is 1. The van der Waals surface area contributed by atoms with Gasteiger partial charge in [0.1, 0.15) is 12.6 Å². The molecular formula is C21H36ClNO6PS+. The number of quaternary nitrogens is 1. The summed E-state index contributed by atoms with van der Waals surface area (Å²) in [5, 5.41) is 9.74. The Morgan fingerprint density at radius 1 is 1.10 bits per heavy atom. The average Bonchev–Trinajstić information content (AvgIpc) is 2.62. The number of hydrogen-bond donors (Lipinski definition) is 2. The van der Waals surface area contributed by atoms with Crippen molar-refractivity contribution < 1.29 is 32.9 Å². The number of phosphoric ester groups is 1. The van der Waals surface area contributed by atoms with Crippen molar-refractivity contribution in [3.05, 3.63) is 29.3 Å². The van der Waals surface area contributed by atoms with Crippen molar-refractivity contribution >= 4 is 37.2 Å². The predicted octanol–water partition coefficient (Wildman–Crippen LogP) is 5.46. The van der Waals surface area contributed by atoms with Crippen molar-refractivity contribution in [3.8, 4) is 0 Å². The van der Waals surface area contributed by atoms with E-state index < -0.39 is 19.9 Å². The SMILES string of the molecule is C[N+](C)(C)CC(CC(=O)O)OP(=O)(O)OCCCCCCCCSc1ccc(Cl)cc1. The Hall–Kier alpha value is -0.600. The molecule has 0 saturated heterocycles. The van der Waals surface area contributed by atoms with E-state index in [1.807, 2.05) is 57.2 Å². The summed E-state index contributed by atoms with van der Waals surface area (Å²) in [4.78, 5) is 22.1. The van der Waals surface area contributed by atoms with Crippen LogP contribution in [-0.4, -0.2) is 66.6 Å². The number of likely N-dealkylation sites (N-methyl/N-ethyl adjacent to an activating group) is 1. The van der Waals surface area contributed by atoms with Crippen LogP contribution < -0.4 is 0 Å². The summed E-state index contributed by atoms with van der Waals surface area (Å²) >= 11 is 7.70. The number of thioether (sulfide) groups is 1. The normalized spacial score (nSPS) is 14.9. The Labute approximate surface area is 195 Å². The van der Waals surface area contributed by atoms with E-state index in [-0.39, 0.29) is 19.6 Å². The fourth-order valence-corrected chi connectivity index (χ4v) is 4.95. The Morgan fingerprint density at radius 2 is 1.68 bits per heavy atom. The average molecular weight is 497 g/mol. The molecule has 0 radical (unpaired) electrons. The third kappa shape index (κ3) is 15.8. The lowest BCUT2D eigenvalue weighted by Gasteiger charge is -2.29. The number of halogens is 1. The minimum absolute atomic E-state index is 0.115. The van der Waals surface area contributed by atoms with E-state index in [0.717, 1.165) is 42.9 Å². The smallest absolute Gasteiger partial charge is 0.472 e. The third-order valence-electron chi connectivity index (χ3n) is 4.31. The molecule has 0 heterocycles. The molecule has 0 aliphatic rings. The van der Waals surface area contributed by atoms with Gasteiger partial charge in [-0.3, -0.25) is 13.8 Å². The largest absolute Gasteiger partial charge is 0.481 e. The highest BCUT2D eigenvalue weighted by molar-refractivity contribution is 7.99. The fourth-order valence-electron chi connectivity index (χ4n) is 2.97. The Bertz CT molecular complexity index is 698. The molecule has 1 aromatic rings. The van der Waals surface area contributed by atoms with Crippen LogP contribution in [0.15, 0.2) is 29.2 Å². The Balaban J connectivity index is 2.12. The van der Waals surface area contributed by atoms with Gasteiger partial charge in [0.2, 0.25) is 0 Å². The maximum atomic E-state index is 12.1. The maximum Gasteiger partial charge on any atom is 0.472 e. The van der Waals surface area contributed by atoms with Crippen LogP contribution in [0.1, 0.15) is 44.9 Å². The number of aliphatic carboxylic acids is 1. The highest BCUT2D eigenvalue weighted by atomic mass is 35.5. The molecule has 0 aromatic heterocycles. The van der Waals surface area contributed by atoms with Gasteiger partial charge in [0.15, 0.2) is 0 Å². The third-order valence-corrected chi connectivity index (χ3v) is 6.74. The maximum absolute atomic E-state index is 12.1. The van der Waals surface area contributed by atoms with Crippen molar-refractivity contribution in [2.45, 2.75) is 55.9 Å². The summed E-state index contributed by atoms with van der Waals surface area (Å²) in [5.41, 5.74) is 0. The highest BCUT2D eigenvalue weighted by Gasteiger charge is 2.31. The van der Waals surface area contributed by atoms with Gasteiger partial charge in [0.25, 0.3) is 0 Å². The molecule has 1 rings (SSSR count). The van der Waals surface area contributed by atoms with Crippen molar-refractivity contribution in [3.63, 3.8) is 0 Å². The van der Waals surface area contributed by atoms with E-state index in [4.69, 9.17) is 25.8 Å². The molecule has 0 fully saturated rings. The van der Waals surface area contributed by atoms with Gasteiger partial charge < -0.3 is 14.5 Å². The summed E-state index contributed by atoms with van der Waals surface area (Å²) in [5.74, 6) is -0.00868. The zero-order chi connectivity index (χ0) is 23.3. The zero-order valence-corrected chi connectivity index (χ0v) is 21.1.